The number of imide groups is 1. The van der Waals surface area contributed by atoms with Crippen LogP contribution in [0.15, 0.2) is 12.2 Å². The second-order valence-corrected chi connectivity index (χ2v) is 6.05. The molecule has 0 aromatic carbocycles. The largest absolute Gasteiger partial charge is 0.480 e. The molecule has 136 valence electrons. The Balaban J connectivity index is 5.06. The van der Waals surface area contributed by atoms with Crippen molar-refractivity contribution in [3.8, 4) is 0 Å². The number of aliphatic carboxylic acids is 1. The Hall–Kier alpha value is -2.38. The highest BCUT2D eigenvalue weighted by atomic mass is 16.6. The van der Waals surface area contributed by atoms with Gasteiger partial charge >= 0.3 is 12.1 Å². The van der Waals surface area contributed by atoms with Gasteiger partial charge in [0, 0.05) is 13.1 Å². The molecule has 0 saturated heterocycles. The number of allylic oxidation sites excluding steroid dienone is 1. The number of hydrogen-bond donors (Lipinski definition) is 1. The van der Waals surface area contributed by atoms with Gasteiger partial charge in [-0.15, -0.1) is 0 Å². The van der Waals surface area contributed by atoms with Crippen LogP contribution in [-0.4, -0.2) is 64.0 Å². The van der Waals surface area contributed by atoms with Gasteiger partial charge in [-0.2, -0.15) is 0 Å². The van der Waals surface area contributed by atoms with Crippen LogP contribution in [0.1, 0.15) is 41.0 Å². The third-order valence-corrected chi connectivity index (χ3v) is 3.00. The summed E-state index contributed by atoms with van der Waals surface area (Å²) < 4.78 is 5.23. The maximum atomic E-state index is 12.0. The zero-order valence-electron chi connectivity index (χ0n) is 14.8. The maximum absolute atomic E-state index is 12.0. The third-order valence-electron chi connectivity index (χ3n) is 3.00. The first kappa shape index (κ1) is 21.6. The summed E-state index contributed by atoms with van der Waals surface area (Å²) in [5.41, 5.74) is -0.673. The molecular weight excluding hydrogens is 316 g/mol. The lowest BCUT2D eigenvalue weighted by Crippen LogP contribution is -2.46. The lowest BCUT2D eigenvalue weighted by Gasteiger charge is -2.28. The Bertz CT molecular complexity index is 495. The number of nitrogens with zero attached hydrogens (tertiary/aromatic N) is 2. The van der Waals surface area contributed by atoms with Gasteiger partial charge in [0.05, 0.1) is 0 Å². The van der Waals surface area contributed by atoms with Crippen molar-refractivity contribution in [3.05, 3.63) is 12.2 Å². The zero-order valence-corrected chi connectivity index (χ0v) is 14.8. The Kier molecular flexibility index (Phi) is 8.73. The van der Waals surface area contributed by atoms with E-state index in [1.165, 1.54) is 11.0 Å². The Labute approximate surface area is 142 Å². The van der Waals surface area contributed by atoms with Crippen LogP contribution in [0.5, 0.6) is 0 Å². The monoisotopic (exact) mass is 342 g/mol. The Morgan fingerprint density at radius 2 is 1.83 bits per heavy atom. The van der Waals surface area contributed by atoms with E-state index in [1.54, 1.807) is 34.6 Å². The molecule has 0 aliphatic heterocycles. The fourth-order valence-corrected chi connectivity index (χ4v) is 1.87. The van der Waals surface area contributed by atoms with E-state index in [9.17, 15) is 24.3 Å². The van der Waals surface area contributed by atoms with Crippen molar-refractivity contribution in [1.29, 1.82) is 0 Å². The van der Waals surface area contributed by atoms with Crippen LogP contribution in [0.25, 0.3) is 0 Å². The fourth-order valence-electron chi connectivity index (χ4n) is 1.87. The molecule has 0 rings (SSSR count). The van der Waals surface area contributed by atoms with Gasteiger partial charge in [0.1, 0.15) is 11.6 Å². The molecule has 3 amide bonds. The molecule has 0 saturated carbocycles. The molecule has 8 heteroatoms. The number of hydrogen-bond acceptors (Lipinski definition) is 5. The van der Waals surface area contributed by atoms with Crippen molar-refractivity contribution in [2.45, 2.75) is 52.7 Å². The van der Waals surface area contributed by atoms with Crippen molar-refractivity contribution in [1.82, 2.24) is 9.80 Å². The molecule has 0 heterocycles. The first-order valence-electron chi connectivity index (χ1n) is 7.68. The van der Waals surface area contributed by atoms with Crippen LogP contribution < -0.4 is 0 Å². The number of carbonyl (C=O) groups is 4. The molecule has 0 aromatic rings. The van der Waals surface area contributed by atoms with E-state index in [-0.39, 0.29) is 19.4 Å². The normalized spacial score (nSPS) is 12.5. The number of carboxylic acid groups (broad SMARTS) is 1. The molecular formula is C16H26N2O6. The minimum absolute atomic E-state index is 0.0375. The van der Waals surface area contributed by atoms with Gasteiger partial charge in [-0.25, -0.2) is 9.59 Å². The van der Waals surface area contributed by atoms with Crippen LogP contribution in [0.2, 0.25) is 0 Å². The van der Waals surface area contributed by atoms with Crippen LogP contribution >= 0.6 is 0 Å². The summed E-state index contributed by atoms with van der Waals surface area (Å²) >= 11 is 0. The molecule has 0 spiro atoms. The van der Waals surface area contributed by atoms with Gasteiger partial charge in [-0.05, 0) is 47.1 Å². The third kappa shape index (κ3) is 7.26. The van der Waals surface area contributed by atoms with Gasteiger partial charge in [0.2, 0.25) is 6.41 Å². The second-order valence-electron chi connectivity index (χ2n) is 6.05. The predicted molar refractivity (Wildman–Crippen MR) is 87.2 cm³/mol. The molecule has 0 fully saturated rings. The Morgan fingerprint density at radius 3 is 2.21 bits per heavy atom. The number of carboxylic acids is 1. The molecule has 1 atom stereocenters. The number of carbonyl (C=O) groups excluding carboxylic acids is 3. The standard InChI is InChI=1S/C16H26N2O6/c1-6-8-13(20)18(11-19)12(14(21)22)9-10-17(7-2)15(23)24-16(3,4)5/h6,8,11-12H,7,9-10H2,1-5H3,(H,21,22)/b8-6-/t12-/m0/s1. The van der Waals surface area contributed by atoms with Crippen molar-refractivity contribution in [2.75, 3.05) is 13.1 Å². The van der Waals surface area contributed by atoms with Crippen LogP contribution in [0.3, 0.4) is 0 Å². The molecule has 0 aliphatic rings. The summed E-state index contributed by atoms with van der Waals surface area (Å²) in [7, 11) is 0. The smallest absolute Gasteiger partial charge is 0.410 e. The first-order valence-corrected chi connectivity index (χ1v) is 7.68. The first-order chi connectivity index (χ1) is 11.1. The van der Waals surface area contributed by atoms with E-state index in [0.29, 0.717) is 11.4 Å². The maximum Gasteiger partial charge on any atom is 0.410 e. The zero-order chi connectivity index (χ0) is 18.9. The van der Waals surface area contributed by atoms with Crippen molar-refractivity contribution < 1.29 is 29.0 Å². The fraction of sp³-hybridized carbons (Fsp3) is 0.625. The van der Waals surface area contributed by atoms with Gasteiger partial charge in [-0.3, -0.25) is 14.5 Å². The Morgan fingerprint density at radius 1 is 1.25 bits per heavy atom. The van der Waals surface area contributed by atoms with E-state index in [0.717, 1.165) is 6.08 Å². The number of ether oxygens (including phenoxy) is 1. The van der Waals surface area contributed by atoms with Crippen LogP contribution in [-0.2, 0) is 19.1 Å². The SMILES string of the molecule is C/C=C\C(=O)N(C=O)[C@@H](CCN(CC)C(=O)OC(C)(C)C)C(=O)O. The summed E-state index contributed by atoms with van der Waals surface area (Å²) in [5.74, 6) is -2.04. The number of rotatable bonds is 8. The van der Waals surface area contributed by atoms with Gasteiger partial charge in [-0.1, -0.05) is 6.08 Å². The number of amides is 3. The molecule has 0 radical (unpaired) electrons. The topological polar surface area (TPSA) is 104 Å². The van der Waals surface area contributed by atoms with Gasteiger partial charge < -0.3 is 14.7 Å². The highest BCUT2D eigenvalue weighted by molar-refractivity contribution is 5.98. The lowest BCUT2D eigenvalue weighted by molar-refractivity contribution is -0.152. The molecule has 0 aliphatic carbocycles. The summed E-state index contributed by atoms with van der Waals surface area (Å²) in [6, 6.07) is -1.36. The van der Waals surface area contributed by atoms with E-state index in [2.05, 4.69) is 0 Å². The quantitative estimate of drug-likeness (QED) is 0.531. The van der Waals surface area contributed by atoms with E-state index >= 15 is 0 Å². The van der Waals surface area contributed by atoms with Gasteiger partial charge in [0.25, 0.3) is 5.91 Å². The highest BCUT2D eigenvalue weighted by Crippen LogP contribution is 2.12. The van der Waals surface area contributed by atoms with Crippen molar-refractivity contribution >= 4 is 24.4 Å². The summed E-state index contributed by atoms with van der Waals surface area (Å²) in [6.07, 6.45) is 2.04. The minimum Gasteiger partial charge on any atom is -0.480 e. The second kappa shape index (κ2) is 9.69. The minimum atomic E-state index is -1.36. The average molecular weight is 342 g/mol. The van der Waals surface area contributed by atoms with E-state index in [4.69, 9.17) is 4.74 Å². The summed E-state index contributed by atoms with van der Waals surface area (Å²) in [4.78, 5) is 48.3. The molecule has 0 aromatic heterocycles. The van der Waals surface area contributed by atoms with Gasteiger partial charge in [0.15, 0.2) is 0 Å². The van der Waals surface area contributed by atoms with E-state index in [1.807, 2.05) is 0 Å². The van der Waals surface area contributed by atoms with Crippen molar-refractivity contribution in [3.63, 3.8) is 0 Å². The molecule has 8 nitrogen and oxygen atoms in total. The average Bonchev–Trinajstić information content (AvgIpc) is 2.44. The van der Waals surface area contributed by atoms with Crippen molar-refractivity contribution in [2.24, 2.45) is 0 Å². The van der Waals surface area contributed by atoms with Crippen LogP contribution in [0, 0.1) is 0 Å². The molecule has 0 unspecified atom stereocenters. The molecule has 0 bridgehead atoms. The highest BCUT2D eigenvalue weighted by Gasteiger charge is 2.30. The summed E-state index contributed by atoms with van der Waals surface area (Å²) in [5, 5.41) is 9.29. The summed E-state index contributed by atoms with van der Waals surface area (Å²) in [6.45, 7) is 8.83. The molecule has 24 heavy (non-hydrogen) atoms. The van der Waals surface area contributed by atoms with Crippen LogP contribution in [0.4, 0.5) is 4.79 Å². The van der Waals surface area contributed by atoms with E-state index < -0.39 is 29.6 Å². The predicted octanol–water partition coefficient (Wildman–Crippen LogP) is 1.65. The lowest BCUT2D eigenvalue weighted by atomic mass is 10.1. The molecule has 1 N–H and O–H groups in total.